The topological polar surface area (TPSA) is 29.1 Å². The Morgan fingerprint density at radius 3 is 2.33 bits per heavy atom. The molecule has 1 amide bonds. The number of benzene rings is 1. The molecule has 15 heavy (non-hydrogen) atoms. The van der Waals surface area contributed by atoms with Crippen LogP contribution in [0.4, 0.5) is 0 Å². The first-order valence-electron chi connectivity index (χ1n) is 4.55. The van der Waals surface area contributed by atoms with Gasteiger partial charge in [0.25, 0.3) is 0 Å². The van der Waals surface area contributed by atoms with E-state index in [1.54, 1.807) is 0 Å². The molecule has 0 aliphatic carbocycles. The molecular formula is C11H11Br2NO. The van der Waals surface area contributed by atoms with Gasteiger partial charge in [0, 0.05) is 6.42 Å². The van der Waals surface area contributed by atoms with E-state index in [-0.39, 0.29) is 5.91 Å². The molecule has 0 aromatic heterocycles. The molecule has 1 aromatic carbocycles. The molecule has 4 heteroatoms. The van der Waals surface area contributed by atoms with Crippen LogP contribution in [-0.4, -0.2) is 5.91 Å². The molecule has 80 valence electrons. The predicted octanol–water partition coefficient (Wildman–Crippen LogP) is 3.63. The summed E-state index contributed by atoms with van der Waals surface area (Å²) in [6.07, 6.45) is 0.462. The Morgan fingerprint density at radius 2 is 1.87 bits per heavy atom. The smallest absolute Gasteiger partial charge is 0.224 e. The monoisotopic (exact) mass is 331 g/mol. The Kier molecular flexibility index (Phi) is 5.05. The van der Waals surface area contributed by atoms with Gasteiger partial charge in [-0.3, -0.25) is 4.79 Å². The van der Waals surface area contributed by atoms with Crippen molar-refractivity contribution in [2.45, 2.75) is 13.3 Å². The summed E-state index contributed by atoms with van der Waals surface area (Å²) in [5.41, 5.74) is 1.71. The van der Waals surface area contributed by atoms with Gasteiger partial charge in [-0.15, -0.1) is 0 Å². The largest absolute Gasteiger partial charge is 0.324 e. The molecule has 0 bridgehead atoms. The summed E-state index contributed by atoms with van der Waals surface area (Å²) in [5.74, 6) is -0.00902. The van der Waals surface area contributed by atoms with Gasteiger partial charge < -0.3 is 5.32 Å². The molecule has 0 spiro atoms. The first-order chi connectivity index (χ1) is 7.15. The molecule has 0 aliphatic heterocycles. The zero-order valence-corrected chi connectivity index (χ0v) is 11.4. The maximum absolute atomic E-state index is 11.3. The molecule has 0 atom stereocenters. The van der Waals surface area contributed by atoms with E-state index in [4.69, 9.17) is 0 Å². The minimum Gasteiger partial charge on any atom is -0.324 e. The van der Waals surface area contributed by atoms with Crippen molar-refractivity contribution < 1.29 is 4.79 Å². The van der Waals surface area contributed by atoms with Crippen molar-refractivity contribution >= 4 is 43.5 Å². The van der Waals surface area contributed by atoms with Gasteiger partial charge in [0.15, 0.2) is 0 Å². The molecule has 1 N–H and O–H groups in total. The molecule has 1 rings (SSSR count). The highest BCUT2D eigenvalue weighted by molar-refractivity contribution is 9.28. The zero-order valence-electron chi connectivity index (χ0n) is 8.26. The second-order valence-electron chi connectivity index (χ2n) is 2.90. The molecule has 1 aromatic rings. The number of carbonyl (C=O) groups is 1. The summed E-state index contributed by atoms with van der Waals surface area (Å²) in [6, 6.07) is 9.67. The van der Waals surface area contributed by atoms with Crippen LogP contribution < -0.4 is 5.32 Å². The van der Waals surface area contributed by atoms with Gasteiger partial charge in [0.05, 0.1) is 9.09 Å². The maximum atomic E-state index is 11.3. The van der Waals surface area contributed by atoms with Crippen LogP contribution in [0.1, 0.15) is 18.9 Å². The van der Waals surface area contributed by atoms with Crippen molar-refractivity contribution in [2.24, 2.45) is 0 Å². The highest BCUT2D eigenvalue weighted by Gasteiger charge is 2.07. The number of nitrogens with one attached hydrogen (secondary N) is 1. The van der Waals surface area contributed by atoms with Gasteiger partial charge in [-0.2, -0.15) is 0 Å². The van der Waals surface area contributed by atoms with Crippen molar-refractivity contribution in [3.63, 3.8) is 0 Å². The van der Waals surface area contributed by atoms with Crippen molar-refractivity contribution in [3.05, 3.63) is 39.3 Å². The van der Waals surface area contributed by atoms with E-state index >= 15 is 0 Å². The number of rotatable bonds is 3. The standard InChI is InChI=1S/C11H11Br2NO/c1-2-9(15)14-10(11(12)13)8-6-4-3-5-7-8/h3-7H,2H2,1H3,(H,14,15). The van der Waals surface area contributed by atoms with E-state index in [1.165, 1.54) is 0 Å². The lowest BCUT2D eigenvalue weighted by atomic mass is 10.2. The van der Waals surface area contributed by atoms with E-state index in [0.717, 1.165) is 14.7 Å². The summed E-state index contributed by atoms with van der Waals surface area (Å²) in [4.78, 5) is 11.3. The second-order valence-corrected chi connectivity index (χ2v) is 5.55. The lowest BCUT2D eigenvalue weighted by Crippen LogP contribution is -2.20. The summed E-state index contributed by atoms with van der Waals surface area (Å²) in [7, 11) is 0. The molecule has 0 unspecified atom stereocenters. The van der Waals surface area contributed by atoms with Crippen molar-refractivity contribution in [2.75, 3.05) is 0 Å². The van der Waals surface area contributed by atoms with Gasteiger partial charge >= 0.3 is 0 Å². The van der Waals surface area contributed by atoms with Crippen LogP contribution in [-0.2, 0) is 4.79 Å². The third-order valence-electron chi connectivity index (χ3n) is 1.84. The van der Waals surface area contributed by atoms with E-state index < -0.39 is 0 Å². The predicted molar refractivity (Wildman–Crippen MR) is 69.6 cm³/mol. The fraction of sp³-hybridized carbons (Fsp3) is 0.182. The Bertz CT molecular complexity index is 369. The van der Waals surface area contributed by atoms with Crippen molar-refractivity contribution in [1.82, 2.24) is 5.32 Å². The molecule has 0 radical (unpaired) electrons. The molecule has 2 nitrogen and oxygen atoms in total. The fourth-order valence-electron chi connectivity index (χ4n) is 1.06. The van der Waals surface area contributed by atoms with Crippen LogP contribution in [0.25, 0.3) is 5.70 Å². The summed E-state index contributed by atoms with van der Waals surface area (Å²) >= 11 is 6.63. The third kappa shape index (κ3) is 3.80. The number of carbonyl (C=O) groups excluding carboxylic acids is 1. The average Bonchev–Trinajstić information content (AvgIpc) is 2.26. The lowest BCUT2D eigenvalue weighted by Gasteiger charge is -2.09. The van der Waals surface area contributed by atoms with E-state index in [2.05, 4.69) is 37.2 Å². The molecule has 0 saturated carbocycles. The van der Waals surface area contributed by atoms with Crippen LogP contribution in [0.5, 0.6) is 0 Å². The first kappa shape index (κ1) is 12.5. The van der Waals surface area contributed by atoms with Crippen LogP contribution in [0.2, 0.25) is 0 Å². The van der Waals surface area contributed by atoms with Gasteiger partial charge in [-0.25, -0.2) is 0 Å². The van der Waals surface area contributed by atoms with E-state index in [9.17, 15) is 4.79 Å². The number of hydrogen-bond acceptors (Lipinski definition) is 1. The summed E-state index contributed by atoms with van der Waals surface area (Å²) in [5, 5.41) is 2.83. The second kappa shape index (κ2) is 6.08. The van der Waals surface area contributed by atoms with Gasteiger partial charge in [0.2, 0.25) is 5.91 Å². The van der Waals surface area contributed by atoms with E-state index in [0.29, 0.717) is 6.42 Å². The van der Waals surface area contributed by atoms with Gasteiger partial charge in [-0.05, 0) is 37.4 Å². The highest BCUT2D eigenvalue weighted by Crippen LogP contribution is 2.25. The van der Waals surface area contributed by atoms with Gasteiger partial charge in [0.1, 0.15) is 0 Å². The normalized spacial score (nSPS) is 9.53. The quantitative estimate of drug-likeness (QED) is 0.899. The summed E-state index contributed by atoms with van der Waals surface area (Å²) < 4.78 is 0.739. The minimum absolute atomic E-state index is 0.00902. The van der Waals surface area contributed by atoms with Crippen LogP contribution in [0, 0.1) is 0 Å². The van der Waals surface area contributed by atoms with E-state index in [1.807, 2.05) is 37.3 Å². The Morgan fingerprint density at radius 1 is 1.27 bits per heavy atom. The fourth-order valence-corrected chi connectivity index (χ4v) is 1.72. The van der Waals surface area contributed by atoms with Crippen LogP contribution in [0.15, 0.2) is 33.7 Å². The van der Waals surface area contributed by atoms with Crippen LogP contribution in [0.3, 0.4) is 0 Å². The number of halogens is 2. The summed E-state index contributed by atoms with van der Waals surface area (Å²) in [6.45, 7) is 1.82. The Balaban J connectivity index is 2.96. The molecular weight excluding hydrogens is 322 g/mol. The molecule has 0 saturated heterocycles. The minimum atomic E-state index is -0.00902. The van der Waals surface area contributed by atoms with Crippen molar-refractivity contribution in [1.29, 1.82) is 0 Å². The average molecular weight is 333 g/mol. The first-order valence-corrected chi connectivity index (χ1v) is 6.14. The highest BCUT2D eigenvalue weighted by atomic mass is 79.9. The number of amides is 1. The number of hydrogen-bond donors (Lipinski definition) is 1. The SMILES string of the molecule is CCC(=O)NC(=C(Br)Br)c1ccccc1. The Hall–Kier alpha value is -0.610. The Labute approximate surface area is 106 Å². The molecule has 0 heterocycles. The van der Waals surface area contributed by atoms with Crippen molar-refractivity contribution in [3.8, 4) is 0 Å². The lowest BCUT2D eigenvalue weighted by molar-refractivity contribution is -0.119. The zero-order chi connectivity index (χ0) is 11.3. The maximum Gasteiger partial charge on any atom is 0.224 e. The van der Waals surface area contributed by atoms with Gasteiger partial charge in [-0.1, -0.05) is 37.3 Å². The molecule has 0 aliphatic rings. The molecule has 0 fully saturated rings. The third-order valence-corrected chi connectivity index (χ3v) is 2.63. The van der Waals surface area contributed by atoms with Crippen LogP contribution >= 0.6 is 31.9 Å².